The fraction of sp³-hybridized carbons (Fsp3) is 0.0909. The molecule has 2 aromatic heterocycles. The second-order valence-corrected chi connectivity index (χ2v) is 7.93. The fourth-order valence-corrected chi connectivity index (χ4v) is 3.67. The molecule has 0 fully saturated rings. The molecule has 0 aliphatic rings. The molecule has 0 amide bonds. The third-order valence-electron chi connectivity index (χ3n) is 4.72. The Morgan fingerprint density at radius 2 is 1.43 bits per heavy atom. The summed E-state index contributed by atoms with van der Waals surface area (Å²) in [4.78, 5) is 20.0. The SMILES string of the molecule is O=C(O)/C(=C/n1nc(-c2ccc(C(F)(F)F)cc2)nc1-c1ccc(C(F)(F)F)cc1)c1nccs1. The Kier molecular flexibility index (Phi) is 6.19. The summed E-state index contributed by atoms with van der Waals surface area (Å²) in [7, 11) is 0. The number of carboxylic acid groups (broad SMARTS) is 1. The Morgan fingerprint density at radius 1 is 0.886 bits per heavy atom. The van der Waals surface area contributed by atoms with Crippen molar-refractivity contribution in [3.8, 4) is 22.8 Å². The van der Waals surface area contributed by atoms with Gasteiger partial charge in [0, 0.05) is 28.9 Å². The van der Waals surface area contributed by atoms with Crippen LogP contribution in [0.1, 0.15) is 16.1 Å². The first-order valence-corrected chi connectivity index (χ1v) is 10.5. The van der Waals surface area contributed by atoms with E-state index < -0.39 is 29.4 Å². The highest BCUT2D eigenvalue weighted by Gasteiger charge is 2.31. The van der Waals surface area contributed by atoms with Crippen LogP contribution in [-0.2, 0) is 17.1 Å². The van der Waals surface area contributed by atoms with Crippen molar-refractivity contribution in [1.82, 2.24) is 19.7 Å². The lowest BCUT2D eigenvalue weighted by atomic mass is 10.1. The van der Waals surface area contributed by atoms with E-state index in [1.165, 1.54) is 6.20 Å². The molecule has 35 heavy (non-hydrogen) atoms. The smallest absolute Gasteiger partial charge is 0.416 e. The number of thiazole rings is 1. The lowest BCUT2D eigenvalue weighted by Crippen LogP contribution is -2.05. The maximum atomic E-state index is 13.0. The van der Waals surface area contributed by atoms with Crippen molar-refractivity contribution in [1.29, 1.82) is 0 Å². The van der Waals surface area contributed by atoms with E-state index in [0.29, 0.717) is 0 Å². The molecule has 0 spiro atoms. The van der Waals surface area contributed by atoms with Gasteiger partial charge in [-0.05, 0) is 24.3 Å². The Balaban J connectivity index is 1.85. The average Bonchev–Trinajstić information content (AvgIpc) is 3.46. The van der Waals surface area contributed by atoms with Crippen molar-refractivity contribution in [2.24, 2.45) is 0 Å². The highest BCUT2D eigenvalue weighted by molar-refractivity contribution is 7.11. The summed E-state index contributed by atoms with van der Waals surface area (Å²) < 4.78 is 78.6. The zero-order chi connectivity index (χ0) is 25.4. The Hall–Kier alpha value is -4.00. The van der Waals surface area contributed by atoms with Crippen molar-refractivity contribution in [2.45, 2.75) is 12.4 Å². The van der Waals surface area contributed by atoms with E-state index in [2.05, 4.69) is 15.1 Å². The van der Waals surface area contributed by atoms with E-state index in [-0.39, 0.29) is 33.4 Å². The first-order chi connectivity index (χ1) is 16.4. The number of rotatable bonds is 5. The van der Waals surface area contributed by atoms with Gasteiger partial charge in [-0.25, -0.2) is 19.4 Å². The molecule has 0 bridgehead atoms. The van der Waals surface area contributed by atoms with Crippen LogP contribution in [0.3, 0.4) is 0 Å². The molecule has 6 nitrogen and oxygen atoms in total. The molecule has 0 aliphatic carbocycles. The summed E-state index contributed by atoms with van der Waals surface area (Å²) in [5.74, 6) is -1.43. The van der Waals surface area contributed by atoms with Crippen LogP contribution in [0.4, 0.5) is 26.3 Å². The van der Waals surface area contributed by atoms with Gasteiger partial charge < -0.3 is 5.11 Å². The number of nitrogens with zero attached hydrogens (tertiary/aromatic N) is 4. The number of aromatic nitrogens is 4. The van der Waals surface area contributed by atoms with Crippen LogP contribution in [0.5, 0.6) is 0 Å². The number of alkyl halides is 6. The predicted octanol–water partition coefficient (Wildman–Crippen LogP) is 6.19. The molecular weight excluding hydrogens is 498 g/mol. The molecule has 0 aliphatic heterocycles. The largest absolute Gasteiger partial charge is 0.478 e. The quantitative estimate of drug-likeness (QED) is 0.256. The van der Waals surface area contributed by atoms with E-state index in [1.54, 1.807) is 5.38 Å². The van der Waals surface area contributed by atoms with Gasteiger partial charge in [0.15, 0.2) is 11.6 Å². The molecule has 4 rings (SSSR count). The molecule has 1 N–H and O–H groups in total. The number of aliphatic carboxylic acids is 1. The standard InChI is InChI=1S/C22H12F6N4O2S/c23-21(24,25)14-5-1-12(2-6-14)17-30-18(13-3-7-15(8-4-13)22(26,27)28)32(31-17)11-16(20(33)34)19-29-9-10-35-19/h1-11H,(H,33,34)/b16-11+. The van der Waals surface area contributed by atoms with Gasteiger partial charge in [0.25, 0.3) is 0 Å². The lowest BCUT2D eigenvalue weighted by molar-refractivity contribution is -0.138. The van der Waals surface area contributed by atoms with Crippen LogP contribution in [0.15, 0.2) is 60.1 Å². The van der Waals surface area contributed by atoms with Crippen molar-refractivity contribution in [3.05, 3.63) is 76.2 Å². The first-order valence-electron chi connectivity index (χ1n) is 9.60. The van der Waals surface area contributed by atoms with E-state index in [0.717, 1.165) is 70.7 Å². The van der Waals surface area contributed by atoms with Crippen molar-refractivity contribution < 1.29 is 36.2 Å². The highest BCUT2D eigenvalue weighted by Crippen LogP contribution is 2.33. The van der Waals surface area contributed by atoms with Crippen LogP contribution < -0.4 is 0 Å². The van der Waals surface area contributed by atoms with E-state index in [9.17, 15) is 36.2 Å². The van der Waals surface area contributed by atoms with Crippen molar-refractivity contribution >= 4 is 29.1 Å². The third kappa shape index (κ3) is 5.24. The minimum atomic E-state index is -4.57. The minimum Gasteiger partial charge on any atom is -0.478 e. The fourth-order valence-electron chi connectivity index (χ4n) is 3.03. The number of halogens is 6. The normalized spacial score (nSPS) is 12.7. The van der Waals surface area contributed by atoms with Gasteiger partial charge in [0.1, 0.15) is 10.6 Å². The van der Waals surface area contributed by atoms with Crippen LogP contribution in [0, 0.1) is 0 Å². The molecule has 2 heterocycles. The topological polar surface area (TPSA) is 80.9 Å². The maximum Gasteiger partial charge on any atom is 0.416 e. The van der Waals surface area contributed by atoms with Crippen molar-refractivity contribution in [2.75, 3.05) is 0 Å². The van der Waals surface area contributed by atoms with Gasteiger partial charge in [0.05, 0.1) is 11.1 Å². The lowest BCUT2D eigenvalue weighted by Gasteiger charge is -2.07. The van der Waals surface area contributed by atoms with Gasteiger partial charge in [-0.2, -0.15) is 26.3 Å². The van der Waals surface area contributed by atoms with Crippen LogP contribution in [0.2, 0.25) is 0 Å². The van der Waals surface area contributed by atoms with Gasteiger partial charge in [-0.3, -0.25) is 0 Å². The maximum absolute atomic E-state index is 13.0. The zero-order valence-corrected chi connectivity index (χ0v) is 18.0. The summed E-state index contributed by atoms with van der Waals surface area (Å²) in [6.45, 7) is 0. The molecule has 0 atom stereocenters. The molecule has 2 aromatic carbocycles. The van der Waals surface area contributed by atoms with E-state index in [4.69, 9.17) is 0 Å². The zero-order valence-electron chi connectivity index (χ0n) is 17.2. The van der Waals surface area contributed by atoms with E-state index >= 15 is 0 Å². The van der Waals surface area contributed by atoms with Gasteiger partial charge in [0.2, 0.25) is 0 Å². The molecule has 0 saturated heterocycles. The second-order valence-electron chi connectivity index (χ2n) is 7.04. The first kappa shape index (κ1) is 24.1. The average molecular weight is 510 g/mol. The molecular formula is C22H12F6N4O2S. The molecule has 13 heteroatoms. The number of hydrogen-bond donors (Lipinski definition) is 1. The Labute approximate surface area is 196 Å². The number of carbonyl (C=O) groups is 1. The summed E-state index contributed by atoms with van der Waals surface area (Å²) in [6.07, 6.45) is -6.64. The Bertz CT molecular complexity index is 1370. The summed E-state index contributed by atoms with van der Waals surface area (Å²) >= 11 is 1.04. The summed E-state index contributed by atoms with van der Waals surface area (Å²) in [6, 6.07) is 7.88. The van der Waals surface area contributed by atoms with Gasteiger partial charge >= 0.3 is 18.3 Å². The summed E-state index contributed by atoms with van der Waals surface area (Å²) in [5, 5.41) is 15.5. The highest BCUT2D eigenvalue weighted by atomic mass is 32.1. The van der Waals surface area contributed by atoms with Crippen LogP contribution in [0.25, 0.3) is 34.5 Å². The second kappa shape index (κ2) is 8.98. The number of carboxylic acids is 1. The third-order valence-corrected chi connectivity index (χ3v) is 5.52. The molecule has 180 valence electrons. The summed E-state index contributed by atoms with van der Waals surface area (Å²) in [5.41, 5.74) is -1.70. The Morgan fingerprint density at radius 3 is 1.89 bits per heavy atom. The van der Waals surface area contributed by atoms with Crippen LogP contribution in [-0.4, -0.2) is 30.8 Å². The number of benzene rings is 2. The van der Waals surface area contributed by atoms with Crippen molar-refractivity contribution in [3.63, 3.8) is 0 Å². The van der Waals surface area contributed by atoms with E-state index in [1.807, 2.05) is 0 Å². The molecule has 0 radical (unpaired) electrons. The van der Waals surface area contributed by atoms with Gasteiger partial charge in [-0.15, -0.1) is 16.4 Å². The predicted molar refractivity (Wildman–Crippen MR) is 115 cm³/mol. The monoisotopic (exact) mass is 510 g/mol. The van der Waals surface area contributed by atoms with Gasteiger partial charge in [-0.1, -0.05) is 24.3 Å². The molecule has 0 saturated carbocycles. The minimum absolute atomic E-state index is 0.0241. The molecule has 0 unspecified atom stereocenters. The number of hydrogen-bond acceptors (Lipinski definition) is 5. The molecule has 4 aromatic rings. The van der Waals surface area contributed by atoms with Crippen LogP contribution >= 0.6 is 11.3 Å².